The number of nitrogens with zero attached hydrogens (tertiary/aromatic N) is 3. The molecule has 2 aliphatic heterocycles. The van der Waals surface area contributed by atoms with Crippen LogP contribution in [0.5, 0.6) is 5.75 Å². The molecule has 0 spiro atoms. The molecular formula is C25H36FN3O2. The maximum Gasteiger partial charge on any atom is 0.251 e. The Balaban J connectivity index is 0.00000166. The summed E-state index contributed by atoms with van der Waals surface area (Å²) < 4.78 is 19.0. The Kier molecular flexibility index (Phi) is 9.31. The molecular weight excluding hydrogens is 393 g/mol. The van der Waals surface area contributed by atoms with E-state index in [1.807, 2.05) is 33.9 Å². The number of likely N-dealkylation sites (N-methyl/N-ethyl adjacent to an activating group) is 1. The fourth-order valence-electron chi connectivity index (χ4n) is 3.64. The van der Waals surface area contributed by atoms with Crippen LogP contribution in [-0.2, 0) is 4.79 Å². The molecule has 170 valence electrons. The summed E-state index contributed by atoms with van der Waals surface area (Å²) in [7, 11) is 3.57. The standard InChI is InChI=1S/C23H30FN3O2.C2H6/c1-17(19-7-9-22(29-4)21(24)15-19)14-23(28)27-16-20(8-6-18(27)2)26-11-5-10-25(3)12-13-26;1-2/h6-9,14-16,18H,5,10-13H2,1-4H3;1-2H3/b17-14+;. The van der Waals surface area contributed by atoms with E-state index in [0.717, 1.165) is 38.3 Å². The highest BCUT2D eigenvalue weighted by molar-refractivity contribution is 5.96. The van der Waals surface area contributed by atoms with Gasteiger partial charge in [0.1, 0.15) is 0 Å². The van der Waals surface area contributed by atoms with Gasteiger partial charge in [-0.15, -0.1) is 0 Å². The second-order valence-electron chi connectivity index (χ2n) is 7.72. The molecule has 6 heteroatoms. The molecule has 0 N–H and O–H groups in total. The molecule has 1 aromatic rings. The van der Waals surface area contributed by atoms with Gasteiger partial charge in [0.25, 0.3) is 5.91 Å². The monoisotopic (exact) mass is 429 g/mol. The minimum absolute atomic E-state index is 0.0300. The van der Waals surface area contributed by atoms with Crippen LogP contribution in [0.2, 0.25) is 0 Å². The Morgan fingerprint density at radius 2 is 1.94 bits per heavy atom. The van der Waals surface area contributed by atoms with E-state index in [0.29, 0.717) is 11.1 Å². The summed E-state index contributed by atoms with van der Waals surface area (Å²) in [5, 5.41) is 0. The Morgan fingerprint density at radius 3 is 2.61 bits per heavy atom. The number of hydrogen-bond acceptors (Lipinski definition) is 4. The van der Waals surface area contributed by atoms with Crippen molar-refractivity contribution in [3.63, 3.8) is 0 Å². The van der Waals surface area contributed by atoms with Crippen molar-refractivity contribution in [1.29, 1.82) is 0 Å². The lowest BCUT2D eigenvalue weighted by molar-refractivity contribution is -0.124. The lowest BCUT2D eigenvalue weighted by Gasteiger charge is -2.32. The first-order valence-corrected chi connectivity index (χ1v) is 11.1. The van der Waals surface area contributed by atoms with Gasteiger partial charge < -0.3 is 19.4 Å². The molecule has 2 heterocycles. The molecule has 1 aromatic carbocycles. The number of amides is 1. The van der Waals surface area contributed by atoms with Crippen LogP contribution in [0, 0.1) is 5.82 Å². The van der Waals surface area contributed by atoms with Crippen molar-refractivity contribution in [3.8, 4) is 5.75 Å². The average Bonchev–Trinajstić information content (AvgIpc) is 2.99. The van der Waals surface area contributed by atoms with E-state index in [9.17, 15) is 9.18 Å². The largest absolute Gasteiger partial charge is 0.494 e. The topological polar surface area (TPSA) is 36.0 Å². The quantitative estimate of drug-likeness (QED) is 0.659. The zero-order chi connectivity index (χ0) is 23.0. The van der Waals surface area contributed by atoms with Gasteiger partial charge in [0.05, 0.1) is 18.8 Å². The first-order chi connectivity index (χ1) is 14.9. The first-order valence-electron chi connectivity index (χ1n) is 11.1. The summed E-state index contributed by atoms with van der Waals surface area (Å²) in [6.45, 7) is 11.8. The highest BCUT2D eigenvalue weighted by atomic mass is 19.1. The Hall–Kier alpha value is -2.60. The van der Waals surface area contributed by atoms with Crippen molar-refractivity contribution >= 4 is 11.5 Å². The summed E-state index contributed by atoms with van der Waals surface area (Å²) in [5.74, 6) is -0.355. The summed E-state index contributed by atoms with van der Waals surface area (Å²) >= 11 is 0. The predicted octanol–water partition coefficient (Wildman–Crippen LogP) is 4.53. The molecule has 3 rings (SSSR count). The van der Waals surface area contributed by atoms with Crippen LogP contribution in [-0.4, -0.2) is 67.0 Å². The summed E-state index contributed by atoms with van der Waals surface area (Å²) in [4.78, 5) is 19.4. The lowest BCUT2D eigenvalue weighted by Crippen LogP contribution is -2.37. The van der Waals surface area contributed by atoms with Crippen LogP contribution in [0.25, 0.3) is 5.57 Å². The number of ether oxygens (including phenoxy) is 1. The number of carbonyl (C=O) groups is 1. The van der Waals surface area contributed by atoms with Gasteiger partial charge >= 0.3 is 0 Å². The molecule has 1 saturated heterocycles. The van der Waals surface area contributed by atoms with Gasteiger partial charge in [0.2, 0.25) is 0 Å². The molecule has 1 atom stereocenters. The SMILES string of the molecule is CC.COc1ccc(/C(C)=C/C(=O)N2C=C(N3CCCN(C)CC3)C=CC2C)cc1F. The molecule has 2 aliphatic rings. The molecule has 1 fully saturated rings. The normalized spacial score (nSPS) is 19.9. The van der Waals surface area contributed by atoms with Crippen molar-refractivity contribution in [2.75, 3.05) is 40.3 Å². The van der Waals surface area contributed by atoms with Gasteiger partial charge in [0.15, 0.2) is 11.6 Å². The number of allylic oxidation sites excluding steroid dienone is 2. The van der Waals surface area contributed by atoms with Gasteiger partial charge in [-0.3, -0.25) is 4.79 Å². The zero-order valence-corrected chi connectivity index (χ0v) is 19.7. The lowest BCUT2D eigenvalue weighted by atomic mass is 10.1. The zero-order valence-electron chi connectivity index (χ0n) is 19.7. The fraction of sp³-hybridized carbons (Fsp3) is 0.480. The van der Waals surface area contributed by atoms with Crippen LogP contribution in [0.15, 0.2) is 48.3 Å². The van der Waals surface area contributed by atoms with E-state index >= 15 is 0 Å². The fourth-order valence-corrected chi connectivity index (χ4v) is 3.64. The van der Waals surface area contributed by atoms with Crippen molar-refractivity contribution in [1.82, 2.24) is 14.7 Å². The van der Waals surface area contributed by atoms with Crippen LogP contribution >= 0.6 is 0 Å². The number of methoxy groups -OCH3 is 1. The molecule has 0 saturated carbocycles. The summed E-state index contributed by atoms with van der Waals surface area (Å²) in [6.07, 6.45) is 8.78. The predicted molar refractivity (Wildman–Crippen MR) is 125 cm³/mol. The maximum absolute atomic E-state index is 14.0. The van der Waals surface area contributed by atoms with Crippen LogP contribution < -0.4 is 4.74 Å². The number of benzene rings is 1. The number of hydrogen-bond donors (Lipinski definition) is 0. The second-order valence-corrected chi connectivity index (χ2v) is 7.72. The van der Waals surface area contributed by atoms with Crippen molar-refractivity contribution in [3.05, 3.63) is 59.7 Å². The minimum atomic E-state index is -0.437. The van der Waals surface area contributed by atoms with E-state index in [-0.39, 0.29) is 17.7 Å². The van der Waals surface area contributed by atoms with Gasteiger partial charge in [-0.25, -0.2) is 4.39 Å². The Labute approximate surface area is 186 Å². The van der Waals surface area contributed by atoms with Crippen molar-refractivity contribution < 1.29 is 13.9 Å². The highest BCUT2D eigenvalue weighted by Gasteiger charge is 2.22. The summed E-state index contributed by atoms with van der Waals surface area (Å²) in [6, 6.07) is 4.70. The maximum atomic E-state index is 14.0. The molecule has 0 aliphatic carbocycles. The van der Waals surface area contributed by atoms with Crippen LogP contribution in [0.4, 0.5) is 4.39 Å². The van der Waals surface area contributed by atoms with Crippen molar-refractivity contribution in [2.24, 2.45) is 0 Å². The van der Waals surface area contributed by atoms with Gasteiger partial charge in [-0.1, -0.05) is 26.0 Å². The van der Waals surface area contributed by atoms with E-state index in [2.05, 4.69) is 29.0 Å². The molecule has 1 amide bonds. The van der Waals surface area contributed by atoms with E-state index in [1.54, 1.807) is 23.1 Å². The minimum Gasteiger partial charge on any atom is -0.494 e. The van der Waals surface area contributed by atoms with E-state index in [4.69, 9.17) is 4.74 Å². The van der Waals surface area contributed by atoms with Crippen molar-refractivity contribution in [2.45, 2.75) is 40.2 Å². The average molecular weight is 430 g/mol. The number of rotatable bonds is 4. The molecule has 5 nitrogen and oxygen atoms in total. The molecule has 0 bridgehead atoms. The van der Waals surface area contributed by atoms with Crippen LogP contribution in [0.1, 0.15) is 39.7 Å². The molecule has 1 unspecified atom stereocenters. The van der Waals surface area contributed by atoms with E-state index < -0.39 is 5.82 Å². The van der Waals surface area contributed by atoms with Gasteiger partial charge in [-0.05, 0) is 63.2 Å². The van der Waals surface area contributed by atoms with E-state index in [1.165, 1.54) is 13.2 Å². The third kappa shape index (κ3) is 6.44. The smallest absolute Gasteiger partial charge is 0.251 e. The number of halogens is 1. The second kappa shape index (κ2) is 11.7. The van der Waals surface area contributed by atoms with Crippen LogP contribution in [0.3, 0.4) is 0 Å². The molecule has 31 heavy (non-hydrogen) atoms. The summed E-state index contributed by atoms with van der Waals surface area (Å²) in [5.41, 5.74) is 2.44. The third-order valence-corrected chi connectivity index (χ3v) is 5.54. The Morgan fingerprint density at radius 1 is 1.19 bits per heavy atom. The van der Waals surface area contributed by atoms with Gasteiger partial charge in [0, 0.05) is 31.9 Å². The first kappa shape index (κ1) is 24.7. The number of carbonyl (C=O) groups excluding carboxylic acids is 1. The highest BCUT2D eigenvalue weighted by Crippen LogP contribution is 2.24. The molecule has 0 radical (unpaired) electrons. The molecule has 0 aromatic heterocycles. The Bertz CT molecular complexity index is 847. The van der Waals surface area contributed by atoms with Gasteiger partial charge in [-0.2, -0.15) is 0 Å². The third-order valence-electron chi connectivity index (χ3n) is 5.54.